The fourth-order valence-corrected chi connectivity index (χ4v) is 3.36. The highest BCUT2D eigenvalue weighted by Gasteiger charge is 2.30. The van der Waals surface area contributed by atoms with E-state index in [0.717, 1.165) is 0 Å². The third kappa shape index (κ3) is 10.6. The summed E-state index contributed by atoms with van der Waals surface area (Å²) in [5.74, 6) is -4.41. The van der Waals surface area contributed by atoms with Crippen LogP contribution in [0.25, 0.3) is 0 Å². The van der Waals surface area contributed by atoms with Crippen molar-refractivity contribution in [3.63, 3.8) is 0 Å². The summed E-state index contributed by atoms with van der Waals surface area (Å²) in [7, 11) is 0. The molecule has 4 amide bonds. The monoisotopic (exact) mass is 513 g/mol. The summed E-state index contributed by atoms with van der Waals surface area (Å²) < 4.78 is 0. The minimum atomic E-state index is -1.66. The van der Waals surface area contributed by atoms with Gasteiger partial charge < -0.3 is 42.7 Å². The largest absolute Gasteiger partial charge is 0.508 e. The normalized spacial score (nSPS) is 14.1. The zero-order valence-electron chi connectivity index (χ0n) is 19.1. The summed E-state index contributed by atoms with van der Waals surface area (Å²) >= 11 is 1.50. The number of carboxylic acid groups (broad SMARTS) is 1. The summed E-state index contributed by atoms with van der Waals surface area (Å²) in [5, 5.41) is 35.0. The molecule has 1 aromatic rings. The predicted octanol–water partition coefficient (Wildman–Crippen LogP) is -2.58. The van der Waals surface area contributed by atoms with Gasteiger partial charge in [0.2, 0.25) is 23.6 Å². The molecule has 0 saturated heterocycles. The Labute approximate surface area is 206 Å². The van der Waals surface area contributed by atoms with E-state index in [0.29, 0.717) is 17.7 Å². The molecule has 0 bridgehead atoms. The summed E-state index contributed by atoms with van der Waals surface area (Å²) in [5.41, 5.74) is 11.4. The van der Waals surface area contributed by atoms with E-state index in [1.165, 1.54) is 36.0 Å². The Morgan fingerprint density at radius 2 is 1.49 bits per heavy atom. The van der Waals surface area contributed by atoms with Gasteiger partial charge in [-0.05, 0) is 36.1 Å². The molecule has 0 spiro atoms. The Kier molecular flexibility index (Phi) is 12.6. The molecule has 14 heteroatoms. The van der Waals surface area contributed by atoms with E-state index in [2.05, 4.69) is 10.6 Å². The van der Waals surface area contributed by atoms with Crippen molar-refractivity contribution in [1.82, 2.24) is 16.0 Å². The molecule has 0 aliphatic heterocycles. The number of aliphatic carboxylic acids is 1. The van der Waals surface area contributed by atoms with Crippen LogP contribution in [0, 0.1) is 0 Å². The van der Waals surface area contributed by atoms with E-state index in [9.17, 15) is 34.2 Å². The predicted molar refractivity (Wildman–Crippen MR) is 127 cm³/mol. The van der Waals surface area contributed by atoms with Gasteiger partial charge in [0.15, 0.2) is 0 Å². The van der Waals surface area contributed by atoms with Crippen molar-refractivity contribution in [2.75, 3.05) is 18.6 Å². The number of phenols is 1. The van der Waals surface area contributed by atoms with Crippen molar-refractivity contribution >= 4 is 41.4 Å². The number of carbonyl (C=O) groups excluding carboxylic acids is 4. The van der Waals surface area contributed by atoms with Gasteiger partial charge in [0, 0.05) is 6.42 Å². The van der Waals surface area contributed by atoms with Crippen molar-refractivity contribution in [3.8, 4) is 5.75 Å². The highest BCUT2D eigenvalue weighted by Crippen LogP contribution is 2.12. The number of phenolic OH excluding ortho intramolecular Hbond substituents is 1. The third-order valence-electron chi connectivity index (χ3n) is 4.81. The molecule has 13 nitrogen and oxygen atoms in total. The Bertz CT molecular complexity index is 898. The second-order valence-electron chi connectivity index (χ2n) is 7.63. The molecule has 4 atom stereocenters. The summed E-state index contributed by atoms with van der Waals surface area (Å²) in [4.78, 5) is 60.2. The molecule has 0 fully saturated rings. The van der Waals surface area contributed by atoms with Crippen LogP contribution in [0.3, 0.4) is 0 Å². The molecule has 0 saturated carbocycles. The van der Waals surface area contributed by atoms with Gasteiger partial charge in [-0.2, -0.15) is 11.8 Å². The van der Waals surface area contributed by atoms with E-state index >= 15 is 0 Å². The number of aliphatic hydroxyl groups is 1. The first-order chi connectivity index (χ1) is 16.5. The van der Waals surface area contributed by atoms with E-state index in [-0.39, 0.29) is 12.2 Å². The molecule has 0 radical (unpaired) electrons. The molecular formula is C21H31N5O8S. The van der Waals surface area contributed by atoms with Crippen molar-refractivity contribution in [2.45, 2.75) is 43.4 Å². The van der Waals surface area contributed by atoms with Crippen LogP contribution in [0.5, 0.6) is 5.75 Å². The van der Waals surface area contributed by atoms with Crippen LogP contribution in [-0.4, -0.2) is 87.7 Å². The number of aromatic hydroxyl groups is 1. The van der Waals surface area contributed by atoms with Crippen LogP contribution in [0.1, 0.15) is 18.4 Å². The van der Waals surface area contributed by atoms with E-state index in [1.54, 1.807) is 0 Å². The minimum Gasteiger partial charge on any atom is -0.508 e. The molecule has 0 heterocycles. The number of thioether (sulfide) groups is 1. The van der Waals surface area contributed by atoms with Gasteiger partial charge in [-0.3, -0.25) is 19.2 Å². The number of benzene rings is 1. The fourth-order valence-electron chi connectivity index (χ4n) is 2.87. The first-order valence-electron chi connectivity index (χ1n) is 10.5. The second-order valence-corrected chi connectivity index (χ2v) is 8.62. The summed E-state index contributed by atoms with van der Waals surface area (Å²) in [6, 6.07) is 0.514. The lowest BCUT2D eigenvalue weighted by molar-refractivity contribution is -0.144. The van der Waals surface area contributed by atoms with Gasteiger partial charge in [-0.25, -0.2) is 4.79 Å². The van der Waals surface area contributed by atoms with Crippen LogP contribution in [0.2, 0.25) is 0 Å². The first kappa shape index (κ1) is 29.7. The van der Waals surface area contributed by atoms with Crippen LogP contribution in [0.15, 0.2) is 24.3 Å². The Hall–Kier alpha value is -3.36. The minimum absolute atomic E-state index is 0.00108. The molecule has 0 aliphatic carbocycles. The van der Waals surface area contributed by atoms with Gasteiger partial charge in [-0.15, -0.1) is 0 Å². The molecule has 35 heavy (non-hydrogen) atoms. The first-order valence-corrected chi connectivity index (χ1v) is 11.9. The molecule has 194 valence electrons. The topological polar surface area (TPSA) is 234 Å². The number of carbonyl (C=O) groups is 5. The number of hydrogen-bond donors (Lipinski definition) is 8. The quantitative estimate of drug-likeness (QED) is 0.122. The number of primary amides is 1. The molecule has 10 N–H and O–H groups in total. The molecule has 1 rings (SSSR count). The Balaban J connectivity index is 3.00. The average Bonchev–Trinajstić information content (AvgIpc) is 2.80. The van der Waals surface area contributed by atoms with Gasteiger partial charge in [0.1, 0.15) is 23.9 Å². The molecule has 0 aliphatic rings. The number of carboxylic acids is 1. The van der Waals surface area contributed by atoms with Crippen LogP contribution >= 0.6 is 11.8 Å². The van der Waals surface area contributed by atoms with Gasteiger partial charge in [0.25, 0.3) is 0 Å². The van der Waals surface area contributed by atoms with E-state index in [4.69, 9.17) is 16.6 Å². The number of hydrogen-bond acceptors (Lipinski definition) is 9. The molecule has 0 aromatic heterocycles. The maximum absolute atomic E-state index is 13.0. The highest BCUT2D eigenvalue weighted by molar-refractivity contribution is 7.98. The standard InChI is InChI=1S/C21H31N5O8S/c1-35-7-6-13(22)18(30)24-14(8-11-2-4-12(28)5-3-11)19(31)26-16(10-27)20(32)25-15(21(33)34)9-17(23)29/h2-5,13-16,27-28H,6-10,22H2,1H3,(H2,23,29)(H,24,30)(H,25,32)(H,26,31)(H,33,34). The SMILES string of the molecule is CSCCC(N)C(=O)NC(Cc1ccc(O)cc1)C(=O)NC(CO)C(=O)NC(CC(N)=O)C(=O)O. The number of amides is 4. The third-order valence-corrected chi connectivity index (χ3v) is 5.46. The van der Waals surface area contributed by atoms with Crippen molar-refractivity contribution < 1.29 is 39.3 Å². The summed E-state index contributed by atoms with van der Waals surface area (Å²) in [6.45, 7) is -0.895. The fraction of sp³-hybridized carbons (Fsp3) is 0.476. The van der Waals surface area contributed by atoms with Crippen molar-refractivity contribution in [2.24, 2.45) is 11.5 Å². The van der Waals surface area contributed by atoms with Crippen molar-refractivity contribution in [1.29, 1.82) is 0 Å². The maximum atomic E-state index is 13.0. The zero-order chi connectivity index (χ0) is 26.5. The lowest BCUT2D eigenvalue weighted by Crippen LogP contribution is -2.58. The second kappa shape index (κ2) is 14.8. The number of nitrogens with two attached hydrogens (primary N) is 2. The molecular weight excluding hydrogens is 482 g/mol. The number of rotatable bonds is 15. The highest BCUT2D eigenvalue weighted by atomic mass is 32.2. The Morgan fingerprint density at radius 1 is 0.943 bits per heavy atom. The van der Waals surface area contributed by atoms with Crippen LogP contribution in [0.4, 0.5) is 0 Å². The number of aliphatic hydroxyl groups excluding tert-OH is 1. The van der Waals surface area contributed by atoms with Crippen LogP contribution in [-0.2, 0) is 30.4 Å². The van der Waals surface area contributed by atoms with Crippen molar-refractivity contribution in [3.05, 3.63) is 29.8 Å². The van der Waals surface area contributed by atoms with E-state index < -0.39 is 66.8 Å². The van der Waals surface area contributed by atoms with Gasteiger partial charge in [-0.1, -0.05) is 12.1 Å². The lowest BCUT2D eigenvalue weighted by atomic mass is 10.0. The molecule has 4 unspecified atom stereocenters. The Morgan fingerprint density at radius 3 is 2.00 bits per heavy atom. The maximum Gasteiger partial charge on any atom is 0.326 e. The zero-order valence-corrected chi connectivity index (χ0v) is 19.9. The van der Waals surface area contributed by atoms with Gasteiger partial charge >= 0.3 is 5.97 Å². The molecule has 1 aromatic carbocycles. The van der Waals surface area contributed by atoms with Gasteiger partial charge in [0.05, 0.1) is 19.1 Å². The lowest BCUT2D eigenvalue weighted by Gasteiger charge is -2.24. The van der Waals surface area contributed by atoms with E-state index in [1.807, 2.05) is 11.6 Å². The smallest absolute Gasteiger partial charge is 0.326 e. The average molecular weight is 514 g/mol. The number of nitrogens with one attached hydrogen (secondary N) is 3. The summed E-state index contributed by atoms with van der Waals surface area (Å²) in [6.07, 6.45) is 1.48. The van der Waals surface area contributed by atoms with Crippen LogP contribution < -0.4 is 27.4 Å².